The van der Waals surface area contributed by atoms with Gasteiger partial charge in [0.2, 0.25) is 0 Å². The Kier molecular flexibility index (Phi) is 5.47. The Morgan fingerprint density at radius 3 is 2.15 bits per heavy atom. The summed E-state index contributed by atoms with van der Waals surface area (Å²) in [6.07, 6.45) is 0. The molecule has 6 heteroatoms. The van der Waals surface area contributed by atoms with E-state index < -0.39 is 0 Å². The largest absolute Gasteiger partial charge is 0.594 e. The Labute approximate surface area is 156 Å². The average Bonchev–Trinajstić information content (AvgIpc) is 2.73. The van der Waals surface area contributed by atoms with E-state index in [1.54, 1.807) is 67.8 Å². The minimum atomic E-state index is -0.282. The van der Waals surface area contributed by atoms with Gasteiger partial charge in [0.1, 0.15) is 22.7 Å². The fraction of sp³-hybridized carbons (Fsp3) is 0.0952. The lowest BCUT2D eigenvalue weighted by molar-refractivity contribution is -0.435. The van der Waals surface area contributed by atoms with E-state index in [9.17, 15) is 10.0 Å². The minimum absolute atomic E-state index is 0.139. The molecule has 0 aromatic heterocycles. The molecule has 0 saturated heterocycles. The van der Waals surface area contributed by atoms with E-state index in [1.165, 1.54) is 13.2 Å². The SMILES string of the molecule is COc1ccc(N=[N+]([O-])c2ccc(OC)cc2C(=O)c2ccccc2)cc1. The van der Waals surface area contributed by atoms with Gasteiger partial charge in [0.25, 0.3) is 5.69 Å². The molecular weight excluding hydrogens is 344 g/mol. The molecule has 0 spiro atoms. The van der Waals surface area contributed by atoms with Crippen LogP contribution in [0.5, 0.6) is 11.5 Å². The molecule has 0 unspecified atom stereocenters. The van der Waals surface area contributed by atoms with Crippen molar-refractivity contribution in [3.05, 3.63) is 89.1 Å². The van der Waals surface area contributed by atoms with Crippen molar-refractivity contribution in [1.29, 1.82) is 0 Å². The van der Waals surface area contributed by atoms with Gasteiger partial charge in [0.05, 0.1) is 14.2 Å². The van der Waals surface area contributed by atoms with Crippen LogP contribution in [0.1, 0.15) is 15.9 Å². The number of hydrogen-bond acceptors (Lipinski definition) is 5. The van der Waals surface area contributed by atoms with Crippen LogP contribution < -0.4 is 9.47 Å². The van der Waals surface area contributed by atoms with Gasteiger partial charge in [-0.25, -0.2) is 0 Å². The molecule has 0 radical (unpaired) electrons. The van der Waals surface area contributed by atoms with Crippen LogP contribution in [-0.4, -0.2) is 24.9 Å². The van der Waals surface area contributed by atoms with E-state index >= 15 is 0 Å². The summed E-state index contributed by atoms with van der Waals surface area (Å²) in [6.45, 7) is 0. The van der Waals surface area contributed by atoms with Crippen molar-refractivity contribution in [2.45, 2.75) is 0 Å². The zero-order valence-corrected chi connectivity index (χ0v) is 15.0. The molecule has 0 atom stereocenters. The van der Waals surface area contributed by atoms with Crippen molar-refractivity contribution >= 4 is 17.2 Å². The van der Waals surface area contributed by atoms with Gasteiger partial charge in [-0.15, -0.1) is 0 Å². The fourth-order valence-electron chi connectivity index (χ4n) is 2.54. The molecule has 0 N–H and O–H groups in total. The lowest BCUT2D eigenvalue weighted by Crippen LogP contribution is -2.06. The van der Waals surface area contributed by atoms with Gasteiger partial charge < -0.3 is 14.7 Å². The smallest absolute Gasteiger partial charge is 0.256 e. The molecule has 0 heterocycles. The number of rotatable bonds is 6. The quantitative estimate of drug-likeness (QED) is 0.272. The van der Waals surface area contributed by atoms with Crippen LogP contribution in [0, 0.1) is 5.21 Å². The molecule has 0 bridgehead atoms. The van der Waals surface area contributed by atoms with E-state index in [4.69, 9.17) is 9.47 Å². The first-order chi connectivity index (χ1) is 13.1. The fourth-order valence-corrected chi connectivity index (χ4v) is 2.54. The predicted molar refractivity (Wildman–Crippen MR) is 101 cm³/mol. The highest BCUT2D eigenvalue weighted by Crippen LogP contribution is 2.28. The predicted octanol–water partition coefficient (Wildman–Crippen LogP) is 4.86. The van der Waals surface area contributed by atoms with Crippen LogP contribution >= 0.6 is 0 Å². The molecule has 3 rings (SSSR count). The minimum Gasteiger partial charge on any atom is -0.594 e. The summed E-state index contributed by atoms with van der Waals surface area (Å²) >= 11 is 0. The van der Waals surface area contributed by atoms with Gasteiger partial charge >= 0.3 is 0 Å². The molecule has 0 aliphatic carbocycles. The average molecular weight is 362 g/mol. The van der Waals surface area contributed by atoms with Crippen LogP contribution in [-0.2, 0) is 0 Å². The third-order valence-electron chi connectivity index (χ3n) is 3.97. The van der Waals surface area contributed by atoms with Gasteiger partial charge in [-0.1, -0.05) is 30.3 Å². The molecule has 3 aromatic carbocycles. The lowest BCUT2D eigenvalue weighted by Gasteiger charge is -2.08. The van der Waals surface area contributed by atoms with E-state index in [0.29, 0.717) is 27.6 Å². The molecule has 0 saturated carbocycles. The number of nitrogens with zero attached hydrogens (tertiary/aromatic N) is 2. The Balaban J connectivity index is 2.03. The summed E-state index contributed by atoms with van der Waals surface area (Å²) in [5, 5.41) is 16.7. The van der Waals surface area contributed by atoms with Crippen molar-refractivity contribution in [3.63, 3.8) is 0 Å². The first kappa shape index (κ1) is 18.1. The molecule has 3 aromatic rings. The van der Waals surface area contributed by atoms with Crippen molar-refractivity contribution < 1.29 is 19.1 Å². The summed E-state index contributed by atoms with van der Waals surface area (Å²) in [5.74, 6) is 0.863. The number of ether oxygens (including phenoxy) is 2. The first-order valence-corrected chi connectivity index (χ1v) is 8.23. The molecular formula is C21H18N2O4. The molecule has 0 amide bonds. The second-order valence-corrected chi connectivity index (χ2v) is 5.65. The molecule has 27 heavy (non-hydrogen) atoms. The number of hydrogen-bond donors (Lipinski definition) is 0. The van der Waals surface area contributed by atoms with Crippen molar-refractivity contribution in [2.75, 3.05) is 14.2 Å². The zero-order valence-electron chi connectivity index (χ0n) is 15.0. The van der Waals surface area contributed by atoms with Crippen LogP contribution in [0.3, 0.4) is 0 Å². The van der Waals surface area contributed by atoms with Crippen LogP contribution in [0.25, 0.3) is 0 Å². The number of methoxy groups -OCH3 is 2. The highest BCUT2D eigenvalue weighted by molar-refractivity contribution is 6.11. The van der Waals surface area contributed by atoms with E-state index in [1.807, 2.05) is 6.07 Å². The van der Waals surface area contributed by atoms with Crippen molar-refractivity contribution in [3.8, 4) is 11.5 Å². The zero-order chi connectivity index (χ0) is 19.2. The summed E-state index contributed by atoms with van der Waals surface area (Å²) in [4.78, 5) is 13.3. The highest BCUT2D eigenvalue weighted by Gasteiger charge is 2.21. The molecule has 0 aliphatic heterocycles. The van der Waals surface area contributed by atoms with E-state index in [0.717, 1.165) is 0 Å². The second-order valence-electron chi connectivity index (χ2n) is 5.65. The van der Waals surface area contributed by atoms with Gasteiger partial charge in [-0.05, 0) is 41.3 Å². The maximum atomic E-state index is 12.9. The summed E-state index contributed by atoms with van der Waals surface area (Å²) in [5.41, 5.74) is 1.28. The Hall–Kier alpha value is -3.67. The van der Waals surface area contributed by atoms with E-state index in [-0.39, 0.29) is 17.0 Å². The van der Waals surface area contributed by atoms with Gasteiger partial charge in [0.15, 0.2) is 5.78 Å². The number of ketones is 1. The summed E-state index contributed by atoms with van der Waals surface area (Å²) < 4.78 is 10.3. The van der Waals surface area contributed by atoms with Gasteiger partial charge in [-0.2, -0.15) is 0 Å². The summed E-state index contributed by atoms with van der Waals surface area (Å²) in [6, 6.07) is 20.2. The van der Waals surface area contributed by atoms with Crippen LogP contribution in [0.2, 0.25) is 0 Å². The maximum absolute atomic E-state index is 12.9. The number of carbonyl (C=O) groups is 1. The second kappa shape index (κ2) is 8.14. The Morgan fingerprint density at radius 1 is 0.889 bits per heavy atom. The molecule has 0 fully saturated rings. The number of azo groups is 1. The Morgan fingerprint density at radius 2 is 1.52 bits per heavy atom. The summed E-state index contributed by atoms with van der Waals surface area (Å²) in [7, 11) is 3.06. The number of carbonyl (C=O) groups excluding carboxylic acids is 1. The maximum Gasteiger partial charge on any atom is 0.256 e. The van der Waals surface area contributed by atoms with Gasteiger partial charge in [0, 0.05) is 16.7 Å². The van der Waals surface area contributed by atoms with E-state index in [2.05, 4.69) is 5.11 Å². The van der Waals surface area contributed by atoms with Crippen LogP contribution in [0.15, 0.2) is 77.9 Å². The van der Waals surface area contributed by atoms with Crippen molar-refractivity contribution in [1.82, 2.24) is 0 Å². The molecule has 6 nitrogen and oxygen atoms in total. The third kappa shape index (κ3) is 4.12. The molecule has 136 valence electrons. The third-order valence-corrected chi connectivity index (χ3v) is 3.97. The highest BCUT2D eigenvalue weighted by atomic mass is 16.5. The lowest BCUT2D eigenvalue weighted by atomic mass is 10.0. The molecule has 0 aliphatic rings. The monoisotopic (exact) mass is 362 g/mol. The Bertz CT molecular complexity index is 967. The number of benzene rings is 3. The standard InChI is InChI=1S/C21H18N2O4/c1-26-17-10-8-16(9-11-17)22-23(25)20-13-12-18(27-2)14-19(20)21(24)15-6-4-3-5-7-15/h3-14H,1-2H3. The topological polar surface area (TPSA) is 74.0 Å². The van der Waals surface area contributed by atoms with Gasteiger partial charge in [-0.3, -0.25) is 4.79 Å². The van der Waals surface area contributed by atoms with Crippen molar-refractivity contribution in [2.24, 2.45) is 5.11 Å². The normalized spacial score (nSPS) is 11.1. The first-order valence-electron chi connectivity index (χ1n) is 8.23. The van der Waals surface area contributed by atoms with Crippen LogP contribution in [0.4, 0.5) is 11.4 Å².